The average Bonchev–Trinajstić information content (AvgIpc) is 3.05. The number of aryl methyl sites for hydroxylation is 1. The van der Waals surface area contributed by atoms with Crippen LogP contribution in [0.25, 0.3) is 16.7 Å². The third-order valence-corrected chi connectivity index (χ3v) is 5.72. The van der Waals surface area contributed by atoms with Crippen molar-refractivity contribution in [2.24, 2.45) is 12.2 Å². The van der Waals surface area contributed by atoms with Crippen LogP contribution < -0.4 is 21.7 Å². The van der Waals surface area contributed by atoms with E-state index in [0.29, 0.717) is 0 Å². The Morgan fingerprint density at radius 3 is 2.28 bits per heavy atom. The topological polar surface area (TPSA) is 149 Å². The van der Waals surface area contributed by atoms with Crippen molar-refractivity contribution >= 4 is 32.7 Å². The normalized spacial score (nSPS) is 11.6. The molecule has 32 heavy (non-hydrogen) atoms. The number of rotatable bonds is 4. The number of amides is 1. The zero-order valence-electron chi connectivity index (χ0n) is 16.5. The van der Waals surface area contributed by atoms with Gasteiger partial charge >= 0.3 is 5.69 Å². The molecule has 2 aromatic heterocycles. The van der Waals surface area contributed by atoms with Crippen LogP contribution in [-0.2, 0) is 17.1 Å². The fourth-order valence-corrected chi connectivity index (χ4v) is 3.81. The van der Waals surface area contributed by atoms with Gasteiger partial charge in [0.05, 0.1) is 21.7 Å². The lowest BCUT2D eigenvalue weighted by Gasteiger charge is -2.07. The zero-order valence-corrected chi connectivity index (χ0v) is 17.3. The van der Waals surface area contributed by atoms with E-state index in [0.717, 1.165) is 16.7 Å². The van der Waals surface area contributed by atoms with Crippen LogP contribution in [0.5, 0.6) is 0 Å². The van der Waals surface area contributed by atoms with E-state index in [1.165, 1.54) is 54.2 Å². The molecule has 4 rings (SSSR count). The Hall–Kier alpha value is -4.03. The highest BCUT2D eigenvalue weighted by Gasteiger charge is 2.20. The first-order chi connectivity index (χ1) is 15.1. The Morgan fingerprint density at radius 2 is 1.69 bits per heavy atom. The van der Waals surface area contributed by atoms with Gasteiger partial charge in [0, 0.05) is 18.9 Å². The summed E-state index contributed by atoms with van der Waals surface area (Å²) >= 11 is 0. The lowest BCUT2D eigenvalue weighted by Crippen LogP contribution is -2.34. The van der Waals surface area contributed by atoms with E-state index in [4.69, 9.17) is 5.14 Å². The molecule has 4 aromatic rings. The maximum absolute atomic E-state index is 13.2. The third-order valence-electron chi connectivity index (χ3n) is 4.79. The minimum Gasteiger partial charge on any atom is -0.344 e. The van der Waals surface area contributed by atoms with Gasteiger partial charge in [-0.15, -0.1) is 0 Å². The number of aromatic nitrogens is 3. The molecule has 0 saturated heterocycles. The number of anilines is 1. The Bertz CT molecular complexity index is 1580. The summed E-state index contributed by atoms with van der Waals surface area (Å²) in [5.41, 5.74) is -0.925. The van der Waals surface area contributed by atoms with Gasteiger partial charge in [0.15, 0.2) is 0 Å². The number of carbonyl (C=O) groups excluding carboxylic acids is 1. The van der Waals surface area contributed by atoms with Crippen LogP contribution in [0, 0.1) is 5.82 Å². The molecule has 0 bridgehead atoms. The summed E-state index contributed by atoms with van der Waals surface area (Å²) in [6, 6.07) is 10.0. The summed E-state index contributed by atoms with van der Waals surface area (Å²) in [5.74, 6) is -1.15. The number of sulfonamides is 1. The summed E-state index contributed by atoms with van der Waals surface area (Å²) in [6.45, 7) is 0. The second kappa shape index (κ2) is 7.59. The van der Waals surface area contributed by atoms with Gasteiger partial charge in [-0.25, -0.2) is 27.3 Å². The van der Waals surface area contributed by atoms with Crippen LogP contribution >= 0.6 is 0 Å². The van der Waals surface area contributed by atoms with Crippen LogP contribution in [0.3, 0.4) is 0 Å². The SMILES string of the molecule is Cn1cc(C(=O)Nc2ccc(S(N)(=O)=O)cc2)c2[nH]c(=O)n(-c3ccc(F)cc3)c(=O)c21. The standard InChI is InChI=1S/C20H16FN5O5S/c1-25-10-15(18(27)23-12-4-8-14(9-5-12)32(22,30)31)16-17(25)19(28)26(20(29)24-16)13-6-2-11(21)3-7-13/h2-10H,1H3,(H,23,27)(H,24,29)(H2,22,30,31). The Morgan fingerprint density at radius 1 is 1.06 bits per heavy atom. The molecule has 0 atom stereocenters. The van der Waals surface area contributed by atoms with Crippen molar-refractivity contribution in [1.82, 2.24) is 14.1 Å². The first kappa shape index (κ1) is 21.2. The van der Waals surface area contributed by atoms with Gasteiger partial charge in [-0.1, -0.05) is 0 Å². The lowest BCUT2D eigenvalue weighted by molar-refractivity contribution is 0.102. The second-order valence-electron chi connectivity index (χ2n) is 6.95. The summed E-state index contributed by atoms with van der Waals surface area (Å²) in [4.78, 5) is 40.8. The first-order valence-electron chi connectivity index (χ1n) is 9.11. The van der Waals surface area contributed by atoms with Gasteiger partial charge in [0.2, 0.25) is 10.0 Å². The van der Waals surface area contributed by atoms with E-state index < -0.39 is 33.0 Å². The fourth-order valence-electron chi connectivity index (χ4n) is 3.30. The highest BCUT2D eigenvalue weighted by atomic mass is 32.2. The number of carbonyl (C=O) groups is 1. The van der Waals surface area contributed by atoms with Crippen LogP contribution in [0.15, 0.2) is 69.2 Å². The van der Waals surface area contributed by atoms with Gasteiger partial charge in [-0.3, -0.25) is 9.59 Å². The molecule has 164 valence electrons. The van der Waals surface area contributed by atoms with Crippen molar-refractivity contribution in [2.75, 3.05) is 5.32 Å². The third kappa shape index (κ3) is 3.72. The number of aromatic amines is 1. The number of hydrogen-bond donors (Lipinski definition) is 3. The number of nitrogens with zero attached hydrogens (tertiary/aromatic N) is 2. The molecule has 1 amide bonds. The van der Waals surface area contributed by atoms with Crippen LogP contribution in [-0.4, -0.2) is 28.4 Å². The fraction of sp³-hybridized carbons (Fsp3) is 0.0500. The molecule has 0 aliphatic rings. The van der Waals surface area contributed by atoms with E-state index in [1.54, 1.807) is 0 Å². The van der Waals surface area contributed by atoms with Crippen molar-refractivity contribution in [3.63, 3.8) is 0 Å². The molecule has 0 fully saturated rings. The maximum Gasteiger partial charge on any atom is 0.333 e. The van der Waals surface area contributed by atoms with Gasteiger partial charge in [0.1, 0.15) is 11.3 Å². The lowest BCUT2D eigenvalue weighted by atomic mass is 10.2. The molecule has 12 heteroatoms. The van der Waals surface area contributed by atoms with Crippen molar-refractivity contribution in [2.45, 2.75) is 4.90 Å². The molecule has 0 saturated carbocycles. The van der Waals surface area contributed by atoms with Crippen molar-refractivity contribution in [3.05, 3.63) is 86.9 Å². The molecular formula is C20H16FN5O5S. The van der Waals surface area contributed by atoms with E-state index in [9.17, 15) is 27.2 Å². The number of nitrogens with two attached hydrogens (primary N) is 1. The summed E-state index contributed by atoms with van der Waals surface area (Å²) in [6.07, 6.45) is 1.38. The maximum atomic E-state index is 13.2. The van der Waals surface area contributed by atoms with Crippen molar-refractivity contribution in [3.8, 4) is 5.69 Å². The molecule has 0 radical (unpaired) electrons. The van der Waals surface area contributed by atoms with Crippen LogP contribution in [0.4, 0.5) is 10.1 Å². The van der Waals surface area contributed by atoms with E-state index >= 15 is 0 Å². The monoisotopic (exact) mass is 457 g/mol. The number of fused-ring (bicyclic) bond motifs is 1. The number of H-pyrrole nitrogens is 1. The number of nitrogens with one attached hydrogen (secondary N) is 2. The van der Waals surface area contributed by atoms with Crippen molar-refractivity contribution in [1.29, 1.82) is 0 Å². The Labute approximate surface area is 179 Å². The molecule has 0 spiro atoms. The molecular weight excluding hydrogens is 441 g/mol. The highest BCUT2D eigenvalue weighted by Crippen LogP contribution is 2.18. The molecule has 0 aliphatic carbocycles. The molecule has 2 heterocycles. The van der Waals surface area contributed by atoms with Gasteiger partial charge in [-0.2, -0.15) is 0 Å². The van der Waals surface area contributed by atoms with E-state index in [-0.39, 0.29) is 32.9 Å². The number of halogens is 1. The molecule has 4 N–H and O–H groups in total. The Balaban J connectivity index is 1.76. The largest absolute Gasteiger partial charge is 0.344 e. The number of primary sulfonamides is 1. The highest BCUT2D eigenvalue weighted by molar-refractivity contribution is 7.89. The number of benzene rings is 2. The predicted octanol–water partition coefficient (Wildman–Crippen LogP) is 1.06. The minimum atomic E-state index is -3.88. The minimum absolute atomic E-state index is 0.0264. The Kier molecular flexibility index (Phi) is 5.03. The van der Waals surface area contributed by atoms with E-state index in [2.05, 4.69) is 10.3 Å². The molecule has 0 aliphatic heterocycles. The van der Waals surface area contributed by atoms with Gasteiger partial charge < -0.3 is 14.9 Å². The average molecular weight is 457 g/mol. The smallest absolute Gasteiger partial charge is 0.333 e. The molecule has 2 aromatic carbocycles. The second-order valence-corrected chi connectivity index (χ2v) is 8.51. The zero-order chi connectivity index (χ0) is 23.2. The predicted molar refractivity (Wildman–Crippen MR) is 115 cm³/mol. The van der Waals surface area contributed by atoms with E-state index in [1.807, 2.05) is 0 Å². The van der Waals surface area contributed by atoms with Gasteiger partial charge in [0.25, 0.3) is 11.5 Å². The summed E-state index contributed by atoms with van der Waals surface area (Å²) < 4.78 is 38.2. The summed E-state index contributed by atoms with van der Waals surface area (Å²) in [5, 5.41) is 7.63. The van der Waals surface area contributed by atoms with Crippen LogP contribution in [0.2, 0.25) is 0 Å². The summed E-state index contributed by atoms with van der Waals surface area (Å²) in [7, 11) is -2.34. The first-order valence-corrected chi connectivity index (χ1v) is 10.7. The van der Waals surface area contributed by atoms with Crippen LogP contribution in [0.1, 0.15) is 10.4 Å². The van der Waals surface area contributed by atoms with Crippen molar-refractivity contribution < 1.29 is 17.6 Å². The molecule has 0 unspecified atom stereocenters. The number of hydrogen-bond acceptors (Lipinski definition) is 5. The quantitative estimate of drug-likeness (QED) is 0.419. The van der Waals surface area contributed by atoms with Gasteiger partial charge in [-0.05, 0) is 48.5 Å². The molecule has 10 nitrogen and oxygen atoms in total.